The van der Waals surface area contributed by atoms with Crippen molar-refractivity contribution >= 4 is 5.91 Å². The number of hydrogen-bond donors (Lipinski definition) is 2. The number of benzene rings is 1. The summed E-state index contributed by atoms with van der Waals surface area (Å²) in [5.74, 6) is 0.0929. The van der Waals surface area contributed by atoms with Crippen LogP contribution in [0.25, 0.3) is 0 Å². The number of amides is 1. The maximum absolute atomic E-state index is 12.0. The molecule has 100 valence electrons. The van der Waals surface area contributed by atoms with Crippen LogP contribution >= 0.6 is 0 Å². The van der Waals surface area contributed by atoms with Crippen LogP contribution in [0.15, 0.2) is 30.3 Å². The Labute approximate surface area is 110 Å². The molecule has 3 nitrogen and oxygen atoms in total. The first kappa shape index (κ1) is 14.7. The van der Waals surface area contributed by atoms with E-state index in [2.05, 4.69) is 12.2 Å². The smallest absolute Gasteiger partial charge is 0.237 e. The van der Waals surface area contributed by atoms with Gasteiger partial charge in [0.05, 0.1) is 12.1 Å². The minimum absolute atomic E-state index is 0.0627. The SMILES string of the molecule is CCCC(NC(=O)[C@@H](N)C(C)C)c1ccccc1. The fourth-order valence-electron chi connectivity index (χ4n) is 1.87. The minimum atomic E-state index is -0.437. The molecule has 0 saturated carbocycles. The van der Waals surface area contributed by atoms with Gasteiger partial charge in [-0.2, -0.15) is 0 Å². The van der Waals surface area contributed by atoms with E-state index in [0.717, 1.165) is 18.4 Å². The molecule has 0 aliphatic carbocycles. The molecular weight excluding hydrogens is 224 g/mol. The Balaban J connectivity index is 2.72. The van der Waals surface area contributed by atoms with Gasteiger partial charge in [0, 0.05) is 0 Å². The van der Waals surface area contributed by atoms with Crippen LogP contribution in [0.5, 0.6) is 0 Å². The lowest BCUT2D eigenvalue weighted by Gasteiger charge is -2.22. The van der Waals surface area contributed by atoms with Crippen LogP contribution in [0.4, 0.5) is 0 Å². The second kappa shape index (κ2) is 7.17. The van der Waals surface area contributed by atoms with Gasteiger partial charge < -0.3 is 11.1 Å². The molecule has 3 N–H and O–H groups in total. The zero-order valence-electron chi connectivity index (χ0n) is 11.5. The Bertz CT molecular complexity index is 362. The van der Waals surface area contributed by atoms with Crippen LogP contribution in [0, 0.1) is 5.92 Å². The predicted octanol–water partition coefficient (Wildman–Crippen LogP) is 2.63. The Kier molecular flexibility index (Phi) is 5.86. The first-order valence-electron chi connectivity index (χ1n) is 6.67. The topological polar surface area (TPSA) is 55.1 Å². The third kappa shape index (κ3) is 4.15. The molecule has 1 aromatic carbocycles. The summed E-state index contributed by atoms with van der Waals surface area (Å²) < 4.78 is 0. The number of nitrogens with one attached hydrogen (secondary N) is 1. The van der Waals surface area contributed by atoms with Crippen molar-refractivity contribution in [1.82, 2.24) is 5.32 Å². The number of carbonyl (C=O) groups excluding carboxylic acids is 1. The average Bonchev–Trinajstić information content (AvgIpc) is 2.38. The van der Waals surface area contributed by atoms with Gasteiger partial charge in [-0.15, -0.1) is 0 Å². The Morgan fingerprint density at radius 2 is 1.89 bits per heavy atom. The molecule has 0 radical (unpaired) electrons. The summed E-state index contributed by atoms with van der Waals surface area (Å²) in [6.45, 7) is 6.04. The number of nitrogens with two attached hydrogens (primary N) is 1. The van der Waals surface area contributed by atoms with E-state index < -0.39 is 6.04 Å². The lowest BCUT2D eigenvalue weighted by molar-refractivity contribution is -0.124. The third-order valence-electron chi connectivity index (χ3n) is 3.12. The summed E-state index contributed by atoms with van der Waals surface area (Å²) in [4.78, 5) is 12.0. The van der Waals surface area contributed by atoms with Gasteiger partial charge >= 0.3 is 0 Å². The molecule has 0 saturated heterocycles. The van der Waals surface area contributed by atoms with Crippen molar-refractivity contribution in [2.75, 3.05) is 0 Å². The van der Waals surface area contributed by atoms with Crippen molar-refractivity contribution in [1.29, 1.82) is 0 Å². The molecule has 18 heavy (non-hydrogen) atoms. The van der Waals surface area contributed by atoms with E-state index in [4.69, 9.17) is 5.73 Å². The molecule has 3 heteroatoms. The molecule has 0 heterocycles. The van der Waals surface area contributed by atoms with Crippen molar-refractivity contribution in [3.63, 3.8) is 0 Å². The van der Waals surface area contributed by atoms with Gasteiger partial charge in [-0.05, 0) is 17.9 Å². The van der Waals surface area contributed by atoms with Crippen LogP contribution in [-0.2, 0) is 4.79 Å². The molecule has 1 unspecified atom stereocenters. The van der Waals surface area contributed by atoms with Gasteiger partial charge in [0.1, 0.15) is 0 Å². The first-order valence-corrected chi connectivity index (χ1v) is 6.67. The summed E-state index contributed by atoms with van der Waals surface area (Å²) in [5.41, 5.74) is 7.01. The quantitative estimate of drug-likeness (QED) is 0.813. The van der Waals surface area contributed by atoms with Crippen molar-refractivity contribution in [3.8, 4) is 0 Å². The van der Waals surface area contributed by atoms with Gasteiger partial charge in [-0.1, -0.05) is 57.5 Å². The van der Waals surface area contributed by atoms with Crippen molar-refractivity contribution in [2.24, 2.45) is 11.7 Å². The van der Waals surface area contributed by atoms with Gasteiger partial charge in [0.2, 0.25) is 5.91 Å². The molecular formula is C15H24N2O. The van der Waals surface area contributed by atoms with Crippen molar-refractivity contribution in [3.05, 3.63) is 35.9 Å². The molecule has 0 aliphatic heterocycles. The monoisotopic (exact) mass is 248 g/mol. The van der Waals surface area contributed by atoms with Crippen LogP contribution in [0.2, 0.25) is 0 Å². The highest BCUT2D eigenvalue weighted by molar-refractivity contribution is 5.82. The number of carbonyl (C=O) groups is 1. The second-order valence-corrected chi connectivity index (χ2v) is 5.03. The maximum atomic E-state index is 12.0. The van der Waals surface area contributed by atoms with Crippen LogP contribution in [0.1, 0.15) is 45.2 Å². The summed E-state index contributed by atoms with van der Waals surface area (Å²) in [5, 5.41) is 3.05. The van der Waals surface area contributed by atoms with E-state index in [1.54, 1.807) is 0 Å². The van der Waals surface area contributed by atoms with Crippen LogP contribution in [0.3, 0.4) is 0 Å². The normalized spacial score (nSPS) is 14.3. The highest BCUT2D eigenvalue weighted by Crippen LogP contribution is 2.18. The van der Waals surface area contributed by atoms with E-state index >= 15 is 0 Å². The Morgan fingerprint density at radius 3 is 2.39 bits per heavy atom. The van der Waals surface area contributed by atoms with E-state index in [0.29, 0.717) is 0 Å². The van der Waals surface area contributed by atoms with Gasteiger partial charge in [0.15, 0.2) is 0 Å². The molecule has 2 atom stereocenters. The van der Waals surface area contributed by atoms with E-state index in [9.17, 15) is 4.79 Å². The Hall–Kier alpha value is -1.35. The highest BCUT2D eigenvalue weighted by atomic mass is 16.2. The van der Waals surface area contributed by atoms with Crippen LogP contribution < -0.4 is 11.1 Å². The average molecular weight is 248 g/mol. The highest BCUT2D eigenvalue weighted by Gasteiger charge is 2.20. The lowest BCUT2D eigenvalue weighted by atomic mass is 10.00. The summed E-state index contributed by atoms with van der Waals surface area (Å²) in [6.07, 6.45) is 1.96. The first-order chi connectivity index (χ1) is 8.56. The fraction of sp³-hybridized carbons (Fsp3) is 0.533. The second-order valence-electron chi connectivity index (χ2n) is 5.03. The molecule has 0 bridgehead atoms. The van der Waals surface area contributed by atoms with E-state index in [-0.39, 0.29) is 17.9 Å². The maximum Gasteiger partial charge on any atom is 0.237 e. The van der Waals surface area contributed by atoms with Gasteiger partial charge in [-0.25, -0.2) is 0 Å². The largest absolute Gasteiger partial charge is 0.348 e. The minimum Gasteiger partial charge on any atom is -0.348 e. The zero-order valence-corrected chi connectivity index (χ0v) is 11.5. The fourth-order valence-corrected chi connectivity index (χ4v) is 1.87. The molecule has 0 fully saturated rings. The Morgan fingerprint density at radius 1 is 1.28 bits per heavy atom. The lowest BCUT2D eigenvalue weighted by Crippen LogP contribution is -2.45. The number of hydrogen-bond acceptors (Lipinski definition) is 2. The predicted molar refractivity (Wildman–Crippen MR) is 75.0 cm³/mol. The molecule has 0 aliphatic rings. The molecule has 1 aromatic rings. The van der Waals surface area contributed by atoms with Gasteiger partial charge in [0.25, 0.3) is 0 Å². The standard InChI is InChI=1S/C15H24N2O/c1-4-8-13(12-9-6-5-7-10-12)17-15(18)14(16)11(2)3/h5-7,9-11,13-14H,4,8,16H2,1-3H3,(H,17,18)/t13?,14-/m0/s1. The van der Waals surface area contributed by atoms with E-state index in [1.807, 2.05) is 44.2 Å². The summed E-state index contributed by atoms with van der Waals surface area (Å²) in [7, 11) is 0. The molecule has 1 amide bonds. The molecule has 0 aromatic heterocycles. The zero-order chi connectivity index (χ0) is 13.5. The van der Waals surface area contributed by atoms with Crippen LogP contribution in [-0.4, -0.2) is 11.9 Å². The third-order valence-corrected chi connectivity index (χ3v) is 3.12. The van der Waals surface area contributed by atoms with E-state index in [1.165, 1.54) is 0 Å². The molecule has 1 rings (SSSR count). The van der Waals surface area contributed by atoms with Crippen molar-refractivity contribution in [2.45, 2.75) is 45.7 Å². The molecule has 0 spiro atoms. The summed E-state index contributed by atoms with van der Waals surface area (Å²) in [6, 6.07) is 9.68. The van der Waals surface area contributed by atoms with Gasteiger partial charge in [-0.3, -0.25) is 4.79 Å². The number of rotatable bonds is 6. The van der Waals surface area contributed by atoms with Crippen molar-refractivity contribution < 1.29 is 4.79 Å². The summed E-state index contributed by atoms with van der Waals surface area (Å²) >= 11 is 0.